The largest absolute Gasteiger partial charge is 0.480 e. The van der Waals surface area contributed by atoms with Gasteiger partial charge < -0.3 is 15.2 Å². The summed E-state index contributed by atoms with van der Waals surface area (Å²) in [5.74, 6) is 0.788. The molecule has 1 amide bonds. The van der Waals surface area contributed by atoms with Gasteiger partial charge in [0, 0.05) is 18.6 Å². The van der Waals surface area contributed by atoms with E-state index in [0.717, 1.165) is 17.7 Å². The maximum atomic E-state index is 12.3. The second-order valence-electron chi connectivity index (χ2n) is 5.46. The molecule has 1 aliphatic rings. The van der Waals surface area contributed by atoms with Crippen molar-refractivity contribution in [3.05, 3.63) is 42.0 Å². The molecule has 0 radical (unpaired) electrons. The van der Waals surface area contributed by atoms with E-state index < -0.39 is 6.10 Å². The number of aliphatic hydroxyl groups excluding tert-OH is 1. The number of hydrogen-bond acceptors (Lipinski definition) is 3. The van der Waals surface area contributed by atoms with E-state index in [9.17, 15) is 4.79 Å². The molecule has 0 aromatic heterocycles. The number of hydrogen-bond donors (Lipinski definition) is 2. The molecule has 114 valence electrons. The number of para-hydroxylation sites is 1. The lowest BCUT2D eigenvalue weighted by Gasteiger charge is -2.21. The first-order valence-corrected chi connectivity index (χ1v) is 7.45. The molecule has 1 aromatic rings. The summed E-state index contributed by atoms with van der Waals surface area (Å²) >= 11 is 0. The highest BCUT2D eigenvalue weighted by atomic mass is 16.5. The van der Waals surface area contributed by atoms with Gasteiger partial charge >= 0.3 is 0 Å². The van der Waals surface area contributed by atoms with Crippen molar-refractivity contribution in [2.24, 2.45) is 5.92 Å². The smallest absolute Gasteiger partial charge is 0.261 e. The summed E-state index contributed by atoms with van der Waals surface area (Å²) in [5.41, 5.74) is 1.02. The average Bonchev–Trinajstić information content (AvgIpc) is 2.94. The molecule has 21 heavy (non-hydrogen) atoms. The first-order chi connectivity index (χ1) is 10.1. The molecule has 1 aliphatic carbocycles. The van der Waals surface area contributed by atoms with Crippen LogP contribution in [0.2, 0.25) is 0 Å². The van der Waals surface area contributed by atoms with E-state index in [-0.39, 0.29) is 24.5 Å². The molecule has 4 heteroatoms. The summed E-state index contributed by atoms with van der Waals surface area (Å²) < 4.78 is 5.83. The van der Waals surface area contributed by atoms with E-state index in [0.29, 0.717) is 6.42 Å². The molecule has 0 bridgehead atoms. The minimum absolute atomic E-state index is 0.0100. The third-order valence-corrected chi connectivity index (χ3v) is 3.76. The minimum atomic E-state index is -0.493. The van der Waals surface area contributed by atoms with Crippen LogP contribution in [-0.2, 0) is 4.79 Å². The number of aliphatic hydroxyl groups is 1. The van der Waals surface area contributed by atoms with Gasteiger partial charge in [-0.3, -0.25) is 4.79 Å². The molecule has 3 atom stereocenters. The van der Waals surface area contributed by atoms with E-state index in [1.165, 1.54) is 0 Å². The molecular formula is C17H23NO3. The van der Waals surface area contributed by atoms with Crippen LogP contribution in [0.4, 0.5) is 0 Å². The van der Waals surface area contributed by atoms with Crippen molar-refractivity contribution in [2.45, 2.75) is 38.8 Å². The summed E-state index contributed by atoms with van der Waals surface area (Å²) in [6, 6.07) is 7.68. The van der Waals surface area contributed by atoms with Crippen LogP contribution in [0, 0.1) is 12.8 Å². The van der Waals surface area contributed by atoms with Crippen LogP contribution in [0.25, 0.3) is 0 Å². The SMILES string of the molecule is CCC(Oc1ccccc1C)C(=O)N[C@@H]1C=C[C@H](CO)C1. The highest BCUT2D eigenvalue weighted by molar-refractivity contribution is 5.81. The molecule has 0 fully saturated rings. The Labute approximate surface area is 125 Å². The van der Waals surface area contributed by atoms with Crippen molar-refractivity contribution in [2.75, 3.05) is 6.61 Å². The van der Waals surface area contributed by atoms with Crippen molar-refractivity contribution < 1.29 is 14.6 Å². The Balaban J connectivity index is 1.93. The Hall–Kier alpha value is -1.81. The van der Waals surface area contributed by atoms with Gasteiger partial charge in [-0.15, -0.1) is 0 Å². The zero-order chi connectivity index (χ0) is 15.2. The second-order valence-corrected chi connectivity index (χ2v) is 5.46. The predicted molar refractivity (Wildman–Crippen MR) is 82.1 cm³/mol. The number of amides is 1. The number of carbonyl (C=O) groups is 1. The fraction of sp³-hybridized carbons (Fsp3) is 0.471. The molecule has 0 spiro atoms. The van der Waals surface area contributed by atoms with Crippen molar-refractivity contribution in [3.8, 4) is 5.75 Å². The van der Waals surface area contributed by atoms with Crippen molar-refractivity contribution >= 4 is 5.91 Å². The fourth-order valence-electron chi connectivity index (χ4n) is 2.46. The number of benzene rings is 1. The lowest BCUT2D eigenvalue weighted by atomic mass is 10.1. The molecule has 4 nitrogen and oxygen atoms in total. The lowest BCUT2D eigenvalue weighted by Crippen LogP contribution is -2.42. The molecule has 1 aromatic carbocycles. The zero-order valence-corrected chi connectivity index (χ0v) is 12.6. The molecule has 1 unspecified atom stereocenters. The van der Waals surface area contributed by atoms with Gasteiger partial charge in [0.1, 0.15) is 5.75 Å². The number of aryl methyl sites for hydroxylation is 1. The number of carbonyl (C=O) groups excluding carboxylic acids is 1. The Morgan fingerprint density at radius 1 is 1.43 bits per heavy atom. The Kier molecular flexibility index (Phi) is 5.39. The van der Waals surface area contributed by atoms with Crippen LogP contribution in [0.15, 0.2) is 36.4 Å². The normalized spacial score (nSPS) is 22.0. The second kappa shape index (κ2) is 7.27. The first-order valence-electron chi connectivity index (χ1n) is 7.45. The van der Waals surface area contributed by atoms with Gasteiger partial charge in [0.05, 0.1) is 0 Å². The number of rotatable bonds is 6. The summed E-state index contributed by atoms with van der Waals surface area (Å²) in [6.45, 7) is 4.02. The van der Waals surface area contributed by atoms with Crippen molar-refractivity contribution in [1.29, 1.82) is 0 Å². The number of nitrogens with one attached hydrogen (secondary N) is 1. The molecule has 2 N–H and O–H groups in total. The van der Waals surface area contributed by atoms with Gasteiger partial charge in [-0.2, -0.15) is 0 Å². The quantitative estimate of drug-likeness (QED) is 0.789. The van der Waals surface area contributed by atoms with Gasteiger partial charge in [0.15, 0.2) is 6.10 Å². The van der Waals surface area contributed by atoms with Crippen molar-refractivity contribution in [1.82, 2.24) is 5.32 Å². The van der Waals surface area contributed by atoms with E-state index in [1.807, 2.05) is 50.3 Å². The standard InChI is InChI=1S/C17H23NO3/c1-3-15(21-16-7-5-4-6-12(16)2)17(20)18-14-9-8-13(10-14)11-19/h4-9,13-15,19H,3,10-11H2,1-2H3,(H,18,20)/t13-,14+,15?/m0/s1. The molecular weight excluding hydrogens is 266 g/mol. The Bertz CT molecular complexity index is 513. The first kappa shape index (κ1) is 15.6. The van der Waals surface area contributed by atoms with Gasteiger partial charge in [0.2, 0.25) is 0 Å². The topological polar surface area (TPSA) is 58.6 Å². The van der Waals surface area contributed by atoms with E-state index in [2.05, 4.69) is 5.32 Å². The third kappa shape index (κ3) is 4.08. The van der Waals surface area contributed by atoms with E-state index in [4.69, 9.17) is 9.84 Å². The molecule has 0 aliphatic heterocycles. The van der Waals surface area contributed by atoms with Crippen LogP contribution < -0.4 is 10.1 Å². The maximum Gasteiger partial charge on any atom is 0.261 e. The van der Waals surface area contributed by atoms with Crippen LogP contribution in [0.3, 0.4) is 0 Å². The van der Waals surface area contributed by atoms with Crippen molar-refractivity contribution in [3.63, 3.8) is 0 Å². The lowest BCUT2D eigenvalue weighted by molar-refractivity contribution is -0.128. The van der Waals surface area contributed by atoms with Crippen LogP contribution >= 0.6 is 0 Å². The highest BCUT2D eigenvalue weighted by Crippen LogP contribution is 2.20. The number of ether oxygens (including phenoxy) is 1. The monoisotopic (exact) mass is 289 g/mol. The molecule has 0 saturated carbocycles. The van der Waals surface area contributed by atoms with Gasteiger partial charge in [-0.1, -0.05) is 37.3 Å². The summed E-state index contributed by atoms with van der Waals surface area (Å²) in [6.07, 6.45) is 4.77. The zero-order valence-electron chi connectivity index (χ0n) is 12.6. The van der Waals surface area contributed by atoms with Crippen LogP contribution in [0.1, 0.15) is 25.3 Å². The predicted octanol–water partition coefficient (Wildman–Crippen LogP) is 2.21. The van der Waals surface area contributed by atoms with Gasteiger partial charge in [0.25, 0.3) is 5.91 Å². The molecule has 0 heterocycles. The minimum Gasteiger partial charge on any atom is -0.480 e. The average molecular weight is 289 g/mol. The Morgan fingerprint density at radius 2 is 2.19 bits per heavy atom. The summed E-state index contributed by atoms with van der Waals surface area (Å²) in [7, 11) is 0. The highest BCUT2D eigenvalue weighted by Gasteiger charge is 2.24. The van der Waals surface area contributed by atoms with Crippen LogP contribution in [-0.4, -0.2) is 29.8 Å². The summed E-state index contributed by atoms with van der Waals surface area (Å²) in [4.78, 5) is 12.3. The van der Waals surface area contributed by atoms with E-state index >= 15 is 0 Å². The van der Waals surface area contributed by atoms with E-state index in [1.54, 1.807) is 0 Å². The molecule has 0 saturated heterocycles. The molecule has 2 rings (SSSR count). The maximum absolute atomic E-state index is 12.3. The third-order valence-electron chi connectivity index (χ3n) is 3.76. The fourth-order valence-corrected chi connectivity index (χ4v) is 2.46. The van der Waals surface area contributed by atoms with Crippen LogP contribution in [0.5, 0.6) is 5.75 Å². The van der Waals surface area contributed by atoms with Gasteiger partial charge in [-0.05, 0) is 31.4 Å². The Morgan fingerprint density at radius 3 is 2.81 bits per heavy atom. The summed E-state index contributed by atoms with van der Waals surface area (Å²) in [5, 5.41) is 12.1. The van der Waals surface area contributed by atoms with Gasteiger partial charge in [-0.25, -0.2) is 0 Å².